The molecule has 2 heteroatoms. The molecular formula is C10H22N2. The lowest BCUT2D eigenvalue weighted by Crippen LogP contribution is -2.29. The first-order valence-corrected chi connectivity index (χ1v) is 5.32. The molecule has 0 aromatic carbocycles. The Morgan fingerprint density at radius 3 is 2.75 bits per heavy atom. The summed E-state index contributed by atoms with van der Waals surface area (Å²) in [5, 5.41) is 3.57. The van der Waals surface area contributed by atoms with E-state index in [-0.39, 0.29) is 0 Å². The Morgan fingerprint density at radius 2 is 2.17 bits per heavy atom. The van der Waals surface area contributed by atoms with E-state index in [4.69, 9.17) is 5.73 Å². The molecule has 0 bridgehead atoms. The quantitative estimate of drug-likeness (QED) is 0.616. The number of unbranched alkanes of at least 4 members (excludes halogenated alkanes) is 2. The average molecular weight is 170 g/mol. The highest BCUT2D eigenvalue weighted by Gasteiger charge is 2.20. The van der Waals surface area contributed by atoms with Gasteiger partial charge in [-0.1, -0.05) is 19.8 Å². The Hall–Kier alpha value is -0.0800. The van der Waals surface area contributed by atoms with Crippen LogP contribution in [0.5, 0.6) is 0 Å². The van der Waals surface area contributed by atoms with Gasteiger partial charge in [-0.2, -0.15) is 0 Å². The smallest absolute Gasteiger partial charge is 0.00823 e. The SMILES string of the molecule is CCCCCNC1CCC(N)C1. The molecule has 1 aliphatic rings. The van der Waals surface area contributed by atoms with E-state index in [1.165, 1.54) is 45.1 Å². The third-order valence-corrected chi connectivity index (χ3v) is 2.69. The summed E-state index contributed by atoms with van der Waals surface area (Å²) in [5.74, 6) is 0. The first-order valence-electron chi connectivity index (χ1n) is 5.32. The minimum Gasteiger partial charge on any atom is -0.328 e. The van der Waals surface area contributed by atoms with E-state index in [0.29, 0.717) is 6.04 Å². The van der Waals surface area contributed by atoms with Crippen LogP contribution in [0.1, 0.15) is 45.4 Å². The molecule has 1 rings (SSSR count). The van der Waals surface area contributed by atoms with Gasteiger partial charge in [0.05, 0.1) is 0 Å². The van der Waals surface area contributed by atoms with Crippen LogP contribution in [0.2, 0.25) is 0 Å². The Balaban J connectivity index is 1.93. The summed E-state index contributed by atoms with van der Waals surface area (Å²) in [6.07, 6.45) is 7.67. The van der Waals surface area contributed by atoms with Gasteiger partial charge < -0.3 is 11.1 Å². The van der Waals surface area contributed by atoms with Crippen molar-refractivity contribution in [2.24, 2.45) is 5.73 Å². The van der Waals surface area contributed by atoms with E-state index < -0.39 is 0 Å². The molecule has 0 aromatic rings. The van der Waals surface area contributed by atoms with Gasteiger partial charge in [0.2, 0.25) is 0 Å². The standard InChI is InChI=1S/C10H22N2/c1-2-3-4-7-12-10-6-5-9(11)8-10/h9-10,12H,2-8,11H2,1H3. The van der Waals surface area contributed by atoms with Crippen molar-refractivity contribution in [3.63, 3.8) is 0 Å². The van der Waals surface area contributed by atoms with E-state index >= 15 is 0 Å². The first kappa shape index (κ1) is 10.0. The van der Waals surface area contributed by atoms with Crippen LogP contribution in [-0.4, -0.2) is 18.6 Å². The molecule has 3 N–H and O–H groups in total. The van der Waals surface area contributed by atoms with Gasteiger partial charge in [-0.25, -0.2) is 0 Å². The van der Waals surface area contributed by atoms with Crippen LogP contribution >= 0.6 is 0 Å². The molecule has 0 amide bonds. The van der Waals surface area contributed by atoms with Crippen LogP contribution in [0.4, 0.5) is 0 Å². The molecule has 0 saturated heterocycles. The fourth-order valence-corrected chi connectivity index (χ4v) is 1.88. The lowest BCUT2D eigenvalue weighted by Gasteiger charge is -2.11. The van der Waals surface area contributed by atoms with Crippen LogP contribution in [0.15, 0.2) is 0 Å². The van der Waals surface area contributed by atoms with Crippen LogP contribution in [0, 0.1) is 0 Å². The summed E-state index contributed by atoms with van der Waals surface area (Å²) in [7, 11) is 0. The predicted molar refractivity (Wildman–Crippen MR) is 53.1 cm³/mol. The maximum absolute atomic E-state index is 5.82. The molecule has 2 unspecified atom stereocenters. The normalized spacial score (nSPS) is 29.5. The van der Waals surface area contributed by atoms with Gasteiger partial charge in [-0.3, -0.25) is 0 Å². The van der Waals surface area contributed by atoms with Crippen LogP contribution < -0.4 is 11.1 Å². The molecule has 1 saturated carbocycles. The molecule has 2 nitrogen and oxygen atoms in total. The lowest BCUT2D eigenvalue weighted by molar-refractivity contribution is 0.500. The number of rotatable bonds is 5. The van der Waals surface area contributed by atoms with E-state index in [1.54, 1.807) is 0 Å². The van der Waals surface area contributed by atoms with Crippen molar-refractivity contribution in [1.29, 1.82) is 0 Å². The summed E-state index contributed by atoms with van der Waals surface area (Å²) in [6, 6.07) is 1.19. The fourth-order valence-electron chi connectivity index (χ4n) is 1.88. The fraction of sp³-hybridized carbons (Fsp3) is 1.00. The highest BCUT2D eigenvalue weighted by atomic mass is 14.9. The third-order valence-electron chi connectivity index (χ3n) is 2.69. The van der Waals surface area contributed by atoms with Gasteiger partial charge in [0.25, 0.3) is 0 Å². The van der Waals surface area contributed by atoms with Crippen molar-refractivity contribution in [3.8, 4) is 0 Å². The number of hydrogen-bond donors (Lipinski definition) is 2. The van der Waals surface area contributed by atoms with Gasteiger partial charge in [-0.05, 0) is 32.2 Å². The maximum Gasteiger partial charge on any atom is 0.00823 e. The Morgan fingerprint density at radius 1 is 1.33 bits per heavy atom. The van der Waals surface area contributed by atoms with E-state index in [1.807, 2.05) is 0 Å². The second-order valence-electron chi connectivity index (χ2n) is 3.93. The molecule has 0 aromatic heterocycles. The van der Waals surface area contributed by atoms with Gasteiger partial charge in [-0.15, -0.1) is 0 Å². The van der Waals surface area contributed by atoms with Crippen molar-refractivity contribution in [2.75, 3.05) is 6.54 Å². The molecule has 0 spiro atoms. The molecule has 1 aliphatic carbocycles. The summed E-state index contributed by atoms with van der Waals surface area (Å²) in [4.78, 5) is 0. The van der Waals surface area contributed by atoms with Crippen LogP contribution in [0.3, 0.4) is 0 Å². The highest BCUT2D eigenvalue weighted by Crippen LogP contribution is 2.16. The van der Waals surface area contributed by atoms with Crippen molar-refractivity contribution in [1.82, 2.24) is 5.32 Å². The molecule has 2 atom stereocenters. The first-order chi connectivity index (χ1) is 5.83. The largest absolute Gasteiger partial charge is 0.328 e. The second kappa shape index (κ2) is 5.55. The van der Waals surface area contributed by atoms with Crippen LogP contribution in [0.25, 0.3) is 0 Å². The monoisotopic (exact) mass is 170 g/mol. The van der Waals surface area contributed by atoms with Crippen molar-refractivity contribution in [2.45, 2.75) is 57.5 Å². The third kappa shape index (κ3) is 3.55. The van der Waals surface area contributed by atoms with Crippen molar-refractivity contribution >= 4 is 0 Å². The summed E-state index contributed by atoms with van der Waals surface area (Å²) >= 11 is 0. The average Bonchev–Trinajstić information content (AvgIpc) is 2.45. The molecule has 0 radical (unpaired) electrons. The molecule has 0 heterocycles. The zero-order valence-electron chi connectivity index (χ0n) is 8.18. The van der Waals surface area contributed by atoms with Gasteiger partial charge in [0, 0.05) is 12.1 Å². The van der Waals surface area contributed by atoms with Gasteiger partial charge >= 0.3 is 0 Å². The van der Waals surface area contributed by atoms with E-state index in [9.17, 15) is 0 Å². The van der Waals surface area contributed by atoms with Crippen LogP contribution in [-0.2, 0) is 0 Å². The summed E-state index contributed by atoms with van der Waals surface area (Å²) < 4.78 is 0. The minimum atomic E-state index is 0.466. The summed E-state index contributed by atoms with van der Waals surface area (Å²) in [6.45, 7) is 3.43. The topological polar surface area (TPSA) is 38.0 Å². The van der Waals surface area contributed by atoms with Crippen molar-refractivity contribution in [3.05, 3.63) is 0 Å². The second-order valence-corrected chi connectivity index (χ2v) is 3.93. The van der Waals surface area contributed by atoms with E-state index in [0.717, 1.165) is 6.04 Å². The Bertz CT molecular complexity index is 114. The highest BCUT2D eigenvalue weighted by molar-refractivity contribution is 4.82. The van der Waals surface area contributed by atoms with E-state index in [2.05, 4.69) is 12.2 Å². The number of nitrogens with one attached hydrogen (secondary N) is 1. The molecular weight excluding hydrogens is 148 g/mol. The van der Waals surface area contributed by atoms with Crippen molar-refractivity contribution < 1.29 is 0 Å². The predicted octanol–water partition coefficient (Wildman–Crippen LogP) is 1.65. The summed E-state index contributed by atoms with van der Waals surface area (Å²) in [5.41, 5.74) is 5.82. The molecule has 1 fully saturated rings. The maximum atomic E-state index is 5.82. The van der Waals surface area contributed by atoms with Gasteiger partial charge in [0.1, 0.15) is 0 Å². The Labute approximate surface area is 75.9 Å². The zero-order chi connectivity index (χ0) is 8.81. The number of nitrogens with two attached hydrogens (primary N) is 1. The minimum absolute atomic E-state index is 0.466. The van der Waals surface area contributed by atoms with Gasteiger partial charge in [0.15, 0.2) is 0 Å². The molecule has 12 heavy (non-hydrogen) atoms. The zero-order valence-corrected chi connectivity index (χ0v) is 8.18. The lowest BCUT2D eigenvalue weighted by atomic mass is 10.2. The number of hydrogen-bond acceptors (Lipinski definition) is 2. The molecule has 72 valence electrons. The Kier molecular flexibility index (Phi) is 4.62. The molecule has 0 aliphatic heterocycles.